The maximum atomic E-state index is 10.6. The summed E-state index contributed by atoms with van der Waals surface area (Å²) in [5, 5.41) is 8.73. The maximum absolute atomic E-state index is 10.6. The smallest absolute Gasteiger partial charge is 0.325 e. The van der Waals surface area contributed by atoms with Crippen molar-refractivity contribution < 1.29 is 9.90 Å². The standard InChI is InChI=1S/C7H14N2O2/c1-2-9-4-3-7(8,5-9)6(10)11/h2-5,8H2,1H3,(H,10,11). The molecule has 3 N–H and O–H groups in total. The van der Waals surface area contributed by atoms with Crippen LogP contribution in [0.5, 0.6) is 0 Å². The molecule has 0 saturated carbocycles. The van der Waals surface area contributed by atoms with Crippen LogP contribution >= 0.6 is 0 Å². The van der Waals surface area contributed by atoms with Gasteiger partial charge in [0, 0.05) is 13.1 Å². The first-order valence-electron chi connectivity index (χ1n) is 3.83. The third kappa shape index (κ3) is 1.52. The zero-order valence-electron chi connectivity index (χ0n) is 6.71. The highest BCUT2D eigenvalue weighted by Crippen LogP contribution is 2.17. The number of carboxylic acids is 1. The van der Waals surface area contributed by atoms with E-state index in [-0.39, 0.29) is 0 Å². The maximum Gasteiger partial charge on any atom is 0.325 e. The molecule has 11 heavy (non-hydrogen) atoms. The van der Waals surface area contributed by atoms with Gasteiger partial charge in [-0.15, -0.1) is 0 Å². The van der Waals surface area contributed by atoms with E-state index < -0.39 is 11.5 Å². The van der Waals surface area contributed by atoms with E-state index in [4.69, 9.17) is 10.8 Å². The second kappa shape index (κ2) is 2.79. The molecular weight excluding hydrogens is 144 g/mol. The number of likely N-dealkylation sites (N-methyl/N-ethyl adjacent to an activating group) is 1. The predicted octanol–water partition coefficient (Wildman–Crippen LogP) is -0.506. The van der Waals surface area contributed by atoms with Gasteiger partial charge in [0.05, 0.1) is 0 Å². The molecule has 0 aliphatic carbocycles. The number of nitrogens with two attached hydrogens (primary N) is 1. The second-order valence-corrected chi connectivity index (χ2v) is 3.08. The Bertz CT molecular complexity index is 172. The lowest BCUT2D eigenvalue weighted by molar-refractivity contribution is -0.142. The van der Waals surface area contributed by atoms with Gasteiger partial charge < -0.3 is 15.7 Å². The van der Waals surface area contributed by atoms with Crippen molar-refractivity contribution in [3.63, 3.8) is 0 Å². The van der Waals surface area contributed by atoms with Gasteiger partial charge in [-0.05, 0) is 13.0 Å². The molecule has 0 aromatic rings. The van der Waals surface area contributed by atoms with Crippen LogP contribution < -0.4 is 5.73 Å². The molecule has 4 nitrogen and oxygen atoms in total. The van der Waals surface area contributed by atoms with Gasteiger partial charge in [0.1, 0.15) is 5.54 Å². The number of carboxylic acid groups (broad SMARTS) is 1. The Balaban J connectivity index is 2.57. The van der Waals surface area contributed by atoms with Crippen molar-refractivity contribution in [3.8, 4) is 0 Å². The minimum atomic E-state index is -0.990. The number of nitrogens with zero attached hydrogens (tertiary/aromatic N) is 1. The molecule has 64 valence electrons. The first kappa shape index (κ1) is 8.49. The van der Waals surface area contributed by atoms with Gasteiger partial charge in [-0.3, -0.25) is 4.79 Å². The molecule has 1 fully saturated rings. The summed E-state index contributed by atoms with van der Waals surface area (Å²) in [7, 11) is 0. The normalized spacial score (nSPS) is 32.5. The monoisotopic (exact) mass is 158 g/mol. The number of hydrogen-bond donors (Lipinski definition) is 2. The Labute approximate surface area is 66.0 Å². The fourth-order valence-corrected chi connectivity index (χ4v) is 1.36. The summed E-state index contributed by atoms with van der Waals surface area (Å²) >= 11 is 0. The van der Waals surface area contributed by atoms with Crippen molar-refractivity contribution in [2.75, 3.05) is 19.6 Å². The van der Waals surface area contributed by atoms with Crippen molar-refractivity contribution in [2.45, 2.75) is 18.9 Å². The second-order valence-electron chi connectivity index (χ2n) is 3.08. The van der Waals surface area contributed by atoms with Crippen LogP contribution in [0.4, 0.5) is 0 Å². The molecule has 0 aromatic heterocycles. The average Bonchev–Trinajstić information content (AvgIpc) is 2.33. The number of likely N-dealkylation sites (tertiary alicyclic amines) is 1. The lowest BCUT2D eigenvalue weighted by atomic mass is 10.0. The van der Waals surface area contributed by atoms with Crippen molar-refractivity contribution in [1.29, 1.82) is 0 Å². The van der Waals surface area contributed by atoms with Crippen molar-refractivity contribution in [1.82, 2.24) is 4.90 Å². The molecule has 1 heterocycles. The Morgan fingerprint density at radius 1 is 1.82 bits per heavy atom. The third-order valence-corrected chi connectivity index (χ3v) is 2.25. The topological polar surface area (TPSA) is 66.6 Å². The fourth-order valence-electron chi connectivity index (χ4n) is 1.36. The molecule has 1 rings (SSSR count). The molecule has 0 bridgehead atoms. The van der Waals surface area contributed by atoms with Crippen LogP contribution in [0.1, 0.15) is 13.3 Å². The van der Waals surface area contributed by atoms with Crippen LogP contribution in [-0.2, 0) is 4.79 Å². The zero-order chi connectivity index (χ0) is 8.48. The van der Waals surface area contributed by atoms with Gasteiger partial charge in [0.15, 0.2) is 0 Å². The zero-order valence-corrected chi connectivity index (χ0v) is 6.71. The van der Waals surface area contributed by atoms with Crippen molar-refractivity contribution in [2.24, 2.45) is 5.73 Å². The van der Waals surface area contributed by atoms with E-state index in [0.29, 0.717) is 13.0 Å². The van der Waals surface area contributed by atoms with Gasteiger partial charge >= 0.3 is 5.97 Å². The van der Waals surface area contributed by atoms with Crippen LogP contribution in [0, 0.1) is 0 Å². The minimum absolute atomic E-state index is 0.485. The summed E-state index contributed by atoms with van der Waals surface area (Å²) in [6.07, 6.45) is 0.566. The Morgan fingerprint density at radius 3 is 2.73 bits per heavy atom. The SMILES string of the molecule is CCN1CCC(N)(C(=O)O)C1. The molecule has 0 amide bonds. The lowest BCUT2D eigenvalue weighted by Crippen LogP contribution is -2.50. The summed E-state index contributed by atoms with van der Waals surface area (Å²) in [6.45, 7) is 4.18. The quantitative estimate of drug-likeness (QED) is 0.568. The summed E-state index contributed by atoms with van der Waals surface area (Å²) in [6, 6.07) is 0. The summed E-state index contributed by atoms with van der Waals surface area (Å²) in [4.78, 5) is 12.7. The number of carbonyl (C=O) groups is 1. The van der Waals surface area contributed by atoms with Crippen LogP contribution in [0.2, 0.25) is 0 Å². The lowest BCUT2D eigenvalue weighted by Gasteiger charge is -2.18. The number of hydrogen-bond acceptors (Lipinski definition) is 3. The highest BCUT2D eigenvalue weighted by Gasteiger charge is 2.40. The first-order valence-corrected chi connectivity index (χ1v) is 3.83. The summed E-state index contributed by atoms with van der Waals surface area (Å²) in [5.74, 6) is -0.881. The Kier molecular flexibility index (Phi) is 2.15. The van der Waals surface area contributed by atoms with Crippen molar-refractivity contribution in [3.05, 3.63) is 0 Å². The number of aliphatic carboxylic acids is 1. The van der Waals surface area contributed by atoms with E-state index in [1.807, 2.05) is 11.8 Å². The summed E-state index contributed by atoms with van der Waals surface area (Å²) in [5.41, 5.74) is 4.64. The molecule has 0 aromatic carbocycles. The van der Waals surface area contributed by atoms with Gasteiger partial charge in [-0.25, -0.2) is 0 Å². The van der Waals surface area contributed by atoms with E-state index in [1.54, 1.807) is 0 Å². The molecule has 1 aliphatic rings. The Hall–Kier alpha value is -0.610. The van der Waals surface area contributed by atoms with Gasteiger partial charge in [-0.2, -0.15) is 0 Å². The highest BCUT2D eigenvalue weighted by molar-refractivity contribution is 5.79. The predicted molar refractivity (Wildman–Crippen MR) is 41.3 cm³/mol. The summed E-state index contributed by atoms with van der Waals surface area (Å²) < 4.78 is 0. The molecule has 1 aliphatic heterocycles. The van der Waals surface area contributed by atoms with E-state index in [9.17, 15) is 4.79 Å². The molecule has 0 radical (unpaired) electrons. The highest BCUT2D eigenvalue weighted by atomic mass is 16.4. The third-order valence-electron chi connectivity index (χ3n) is 2.25. The molecule has 1 atom stereocenters. The van der Waals surface area contributed by atoms with Crippen molar-refractivity contribution >= 4 is 5.97 Å². The van der Waals surface area contributed by atoms with Gasteiger partial charge in [0.25, 0.3) is 0 Å². The molecule has 1 unspecified atom stereocenters. The average molecular weight is 158 g/mol. The van der Waals surface area contributed by atoms with Gasteiger partial charge in [-0.1, -0.05) is 6.92 Å². The molecular formula is C7H14N2O2. The first-order chi connectivity index (χ1) is 5.08. The van der Waals surface area contributed by atoms with E-state index >= 15 is 0 Å². The fraction of sp³-hybridized carbons (Fsp3) is 0.857. The van der Waals surface area contributed by atoms with E-state index in [2.05, 4.69) is 0 Å². The molecule has 1 saturated heterocycles. The minimum Gasteiger partial charge on any atom is -0.480 e. The molecule has 4 heteroatoms. The largest absolute Gasteiger partial charge is 0.480 e. The molecule has 0 spiro atoms. The van der Waals surface area contributed by atoms with E-state index in [1.165, 1.54) is 0 Å². The van der Waals surface area contributed by atoms with Crippen LogP contribution in [0.3, 0.4) is 0 Å². The van der Waals surface area contributed by atoms with Gasteiger partial charge in [0.2, 0.25) is 0 Å². The number of rotatable bonds is 2. The van der Waals surface area contributed by atoms with Crippen LogP contribution in [-0.4, -0.2) is 41.1 Å². The van der Waals surface area contributed by atoms with Crippen LogP contribution in [0.25, 0.3) is 0 Å². The van der Waals surface area contributed by atoms with E-state index in [0.717, 1.165) is 13.1 Å². The Morgan fingerprint density at radius 2 is 2.45 bits per heavy atom. The van der Waals surface area contributed by atoms with Crippen LogP contribution in [0.15, 0.2) is 0 Å².